The molecule has 192 valence electrons. The quantitative estimate of drug-likeness (QED) is 0.427. The van der Waals surface area contributed by atoms with E-state index in [1.165, 1.54) is 11.4 Å². The van der Waals surface area contributed by atoms with Gasteiger partial charge in [0.1, 0.15) is 11.8 Å². The number of carbonyl (C=O) groups is 2. The molecule has 0 saturated heterocycles. The van der Waals surface area contributed by atoms with Gasteiger partial charge in [-0.2, -0.15) is 0 Å². The largest absolute Gasteiger partial charge is 0.495 e. The Hall–Kier alpha value is -3.07. The number of methoxy groups -OCH3 is 1. The number of hydrogen-bond acceptors (Lipinski definition) is 5. The molecule has 2 rings (SSSR count). The van der Waals surface area contributed by atoms with Crippen LogP contribution in [0.15, 0.2) is 54.6 Å². The zero-order valence-corrected chi connectivity index (χ0v) is 21.9. The molecule has 0 aromatic heterocycles. The lowest BCUT2D eigenvalue weighted by atomic mass is 10.1. The van der Waals surface area contributed by atoms with Crippen LogP contribution < -0.4 is 14.4 Å². The van der Waals surface area contributed by atoms with Crippen LogP contribution in [0.4, 0.5) is 5.69 Å². The lowest BCUT2D eigenvalue weighted by Gasteiger charge is -2.31. The van der Waals surface area contributed by atoms with Gasteiger partial charge in [0.15, 0.2) is 0 Å². The number of nitrogens with zero attached hydrogens (tertiary/aromatic N) is 2. The molecule has 9 heteroatoms. The second-order valence-electron chi connectivity index (χ2n) is 8.25. The lowest BCUT2D eigenvalue weighted by molar-refractivity contribution is -0.140. The number of amides is 2. The van der Waals surface area contributed by atoms with E-state index in [0.29, 0.717) is 43.8 Å². The molecule has 1 unspecified atom stereocenters. The van der Waals surface area contributed by atoms with Crippen LogP contribution in [0.25, 0.3) is 0 Å². The highest BCUT2D eigenvalue weighted by molar-refractivity contribution is 7.92. The molecule has 2 amide bonds. The van der Waals surface area contributed by atoms with Crippen molar-refractivity contribution in [2.24, 2.45) is 0 Å². The molecular formula is C26H37N3O5S. The summed E-state index contributed by atoms with van der Waals surface area (Å²) in [5.41, 5.74) is 1.51. The van der Waals surface area contributed by atoms with Gasteiger partial charge in [0.2, 0.25) is 21.8 Å². The monoisotopic (exact) mass is 503 g/mol. The molecule has 8 nitrogen and oxygen atoms in total. The molecule has 0 heterocycles. The smallest absolute Gasteiger partial charge is 0.242 e. The SMILES string of the molecule is CCNC(=O)C(CC)N(CCc1ccccc1)C(=O)CCCN(c1ccccc1OC)S(C)(=O)=O. The fourth-order valence-electron chi connectivity index (χ4n) is 4.01. The van der Waals surface area contributed by atoms with E-state index in [4.69, 9.17) is 4.74 Å². The summed E-state index contributed by atoms with van der Waals surface area (Å²) in [5.74, 6) is 0.0896. The summed E-state index contributed by atoms with van der Waals surface area (Å²) in [6.07, 6.45) is 2.67. The lowest BCUT2D eigenvalue weighted by Crippen LogP contribution is -2.50. The summed E-state index contributed by atoms with van der Waals surface area (Å²) >= 11 is 0. The van der Waals surface area contributed by atoms with Crippen molar-refractivity contribution in [2.75, 3.05) is 37.3 Å². The molecule has 0 saturated carbocycles. The van der Waals surface area contributed by atoms with Gasteiger partial charge in [-0.3, -0.25) is 13.9 Å². The van der Waals surface area contributed by atoms with Gasteiger partial charge in [-0.25, -0.2) is 8.42 Å². The summed E-state index contributed by atoms with van der Waals surface area (Å²) in [6, 6.07) is 16.1. The van der Waals surface area contributed by atoms with Crippen molar-refractivity contribution in [1.29, 1.82) is 0 Å². The Morgan fingerprint density at radius 2 is 1.66 bits per heavy atom. The van der Waals surface area contributed by atoms with Gasteiger partial charge in [0, 0.05) is 26.1 Å². The Labute approximate surface area is 209 Å². The predicted octanol–water partition coefficient (Wildman–Crippen LogP) is 3.23. The standard InChI is InChI=1S/C26H37N3O5S/c1-5-22(26(31)27-6-2)28(20-18-21-13-8-7-9-14-21)25(30)17-12-19-29(35(4,32)33)23-15-10-11-16-24(23)34-3/h7-11,13-16,22H,5-6,12,17-20H2,1-4H3,(H,27,31). The van der Waals surface area contributed by atoms with Crippen LogP contribution >= 0.6 is 0 Å². The van der Waals surface area contributed by atoms with Crippen molar-refractivity contribution in [3.05, 3.63) is 60.2 Å². The highest BCUT2D eigenvalue weighted by Crippen LogP contribution is 2.29. The van der Waals surface area contributed by atoms with Crippen LogP contribution in [-0.2, 0) is 26.0 Å². The fraction of sp³-hybridized carbons (Fsp3) is 0.462. The summed E-state index contributed by atoms with van der Waals surface area (Å²) in [6.45, 7) is 4.74. The second-order valence-corrected chi connectivity index (χ2v) is 10.2. The predicted molar refractivity (Wildman–Crippen MR) is 139 cm³/mol. The maximum absolute atomic E-state index is 13.3. The Morgan fingerprint density at radius 3 is 2.26 bits per heavy atom. The Kier molecular flexibility index (Phi) is 11.0. The highest BCUT2D eigenvalue weighted by Gasteiger charge is 2.28. The van der Waals surface area contributed by atoms with Gasteiger partial charge in [0.05, 0.1) is 19.1 Å². The first kappa shape index (κ1) is 28.2. The van der Waals surface area contributed by atoms with E-state index >= 15 is 0 Å². The van der Waals surface area contributed by atoms with Gasteiger partial charge in [-0.05, 0) is 43.9 Å². The number of benzene rings is 2. The van der Waals surface area contributed by atoms with Crippen LogP contribution in [0.2, 0.25) is 0 Å². The van der Waals surface area contributed by atoms with E-state index in [-0.39, 0.29) is 24.8 Å². The molecule has 0 aliphatic carbocycles. The van der Waals surface area contributed by atoms with Crippen molar-refractivity contribution in [1.82, 2.24) is 10.2 Å². The number of anilines is 1. The number of para-hydroxylation sites is 2. The molecule has 0 radical (unpaired) electrons. The third-order valence-corrected chi connectivity index (χ3v) is 6.91. The molecule has 0 fully saturated rings. The van der Waals surface area contributed by atoms with Gasteiger partial charge in [-0.15, -0.1) is 0 Å². The van der Waals surface area contributed by atoms with Crippen LogP contribution in [0.1, 0.15) is 38.7 Å². The third kappa shape index (κ3) is 8.28. The number of nitrogens with one attached hydrogen (secondary N) is 1. The molecule has 1 atom stereocenters. The normalized spacial score (nSPS) is 12.0. The summed E-state index contributed by atoms with van der Waals surface area (Å²) in [4.78, 5) is 27.6. The van der Waals surface area contributed by atoms with Crippen molar-refractivity contribution < 1.29 is 22.7 Å². The number of rotatable bonds is 14. The van der Waals surface area contributed by atoms with Crippen molar-refractivity contribution in [3.63, 3.8) is 0 Å². The first-order valence-corrected chi connectivity index (χ1v) is 13.8. The number of ether oxygens (including phenoxy) is 1. The second kappa shape index (κ2) is 13.7. The van der Waals surface area contributed by atoms with E-state index < -0.39 is 16.1 Å². The molecule has 2 aromatic rings. The van der Waals surface area contributed by atoms with Gasteiger partial charge in [0.25, 0.3) is 0 Å². The first-order valence-electron chi connectivity index (χ1n) is 11.9. The van der Waals surface area contributed by atoms with Crippen molar-refractivity contribution in [2.45, 2.75) is 45.6 Å². The minimum absolute atomic E-state index is 0.117. The molecule has 0 aliphatic rings. The molecular weight excluding hydrogens is 466 g/mol. The fourth-order valence-corrected chi connectivity index (χ4v) is 4.98. The molecule has 0 bridgehead atoms. The third-order valence-electron chi connectivity index (χ3n) is 5.73. The van der Waals surface area contributed by atoms with Crippen LogP contribution in [0, 0.1) is 0 Å². The molecule has 0 spiro atoms. The number of hydrogen-bond donors (Lipinski definition) is 1. The van der Waals surface area contributed by atoms with Crippen LogP contribution in [0.5, 0.6) is 5.75 Å². The zero-order chi connectivity index (χ0) is 25.8. The topological polar surface area (TPSA) is 96.0 Å². The number of sulfonamides is 1. The van der Waals surface area contributed by atoms with E-state index in [1.807, 2.05) is 44.2 Å². The van der Waals surface area contributed by atoms with Gasteiger partial charge in [-0.1, -0.05) is 49.4 Å². The average molecular weight is 504 g/mol. The molecule has 35 heavy (non-hydrogen) atoms. The van der Waals surface area contributed by atoms with Gasteiger partial charge < -0.3 is 15.0 Å². The minimum atomic E-state index is -3.59. The number of likely N-dealkylation sites (N-methyl/N-ethyl adjacent to an activating group) is 1. The molecule has 2 aromatic carbocycles. The van der Waals surface area contributed by atoms with Crippen LogP contribution in [0.3, 0.4) is 0 Å². The van der Waals surface area contributed by atoms with Crippen molar-refractivity contribution >= 4 is 27.5 Å². The van der Waals surface area contributed by atoms with E-state index in [1.54, 1.807) is 29.2 Å². The van der Waals surface area contributed by atoms with Crippen molar-refractivity contribution in [3.8, 4) is 5.75 Å². The van der Waals surface area contributed by atoms with E-state index in [0.717, 1.165) is 11.8 Å². The molecule has 0 aliphatic heterocycles. The zero-order valence-electron chi connectivity index (χ0n) is 21.1. The minimum Gasteiger partial charge on any atom is -0.495 e. The van der Waals surface area contributed by atoms with E-state index in [9.17, 15) is 18.0 Å². The highest BCUT2D eigenvalue weighted by atomic mass is 32.2. The molecule has 1 N–H and O–H groups in total. The maximum atomic E-state index is 13.3. The summed E-state index contributed by atoms with van der Waals surface area (Å²) in [7, 11) is -2.11. The Balaban J connectivity index is 2.16. The summed E-state index contributed by atoms with van der Waals surface area (Å²) < 4.78 is 31.6. The maximum Gasteiger partial charge on any atom is 0.242 e. The Morgan fingerprint density at radius 1 is 1.00 bits per heavy atom. The average Bonchev–Trinajstić information content (AvgIpc) is 2.84. The first-order chi connectivity index (χ1) is 16.7. The number of carbonyl (C=O) groups excluding carboxylic acids is 2. The Bertz CT molecular complexity index is 1060. The summed E-state index contributed by atoms with van der Waals surface area (Å²) in [5, 5.41) is 2.82. The van der Waals surface area contributed by atoms with E-state index in [2.05, 4.69) is 5.32 Å². The van der Waals surface area contributed by atoms with Gasteiger partial charge >= 0.3 is 0 Å². The van der Waals surface area contributed by atoms with Crippen LogP contribution in [-0.4, -0.2) is 64.2 Å².